The highest BCUT2D eigenvalue weighted by molar-refractivity contribution is 7.91. The highest BCUT2D eigenvalue weighted by Crippen LogP contribution is 2.29. The highest BCUT2D eigenvalue weighted by atomic mass is 32.2. The molecule has 0 radical (unpaired) electrons. The van der Waals surface area contributed by atoms with E-state index in [1.54, 1.807) is 0 Å². The minimum absolute atomic E-state index is 0.0291. The van der Waals surface area contributed by atoms with Gasteiger partial charge in [-0.15, -0.1) is 0 Å². The maximum absolute atomic E-state index is 13.4. The number of sulfone groups is 1. The average molecular weight is 423 g/mol. The molecule has 1 aliphatic heterocycles. The summed E-state index contributed by atoms with van der Waals surface area (Å²) in [7, 11) is -0.870. The van der Waals surface area contributed by atoms with Crippen LogP contribution in [0, 0.1) is 11.7 Å². The summed E-state index contributed by atoms with van der Waals surface area (Å²) < 4.78 is 54.5. The Balaban J connectivity index is 1.89. The van der Waals surface area contributed by atoms with E-state index in [-0.39, 0.29) is 39.3 Å². The van der Waals surface area contributed by atoms with Crippen LogP contribution in [0.4, 0.5) is 10.1 Å². The SMILES string of the molecule is COc1cc(F)ccc1NC(=O)c1cc(S(=O)(=O)C[C@H]2CCOC2)ccc1OC. The third-order valence-electron chi connectivity index (χ3n) is 4.67. The van der Waals surface area contributed by atoms with Gasteiger partial charge in [0.15, 0.2) is 9.84 Å². The molecule has 2 aromatic rings. The van der Waals surface area contributed by atoms with Crippen molar-refractivity contribution in [3.05, 3.63) is 47.8 Å². The number of amides is 1. The molecule has 0 aromatic heterocycles. The van der Waals surface area contributed by atoms with E-state index in [4.69, 9.17) is 14.2 Å². The van der Waals surface area contributed by atoms with E-state index >= 15 is 0 Å². The number of rotatable bonds is 7. The van der Waals surface area contributed by atoms with Gasteiger partial charge in [-0.2, -0.15) is 0 Å². The van der Waals surface area contributed by atoms with E-state index in [0.29, 0.717) is 19.6 Å². The Labute approximate surface area is 168 Å². The first-order valence-corrected chi connectivity index (χ1v) is 10.6. The molecule has 0 saturated carbocycles. The summed E-state index contributed by atoms with van der Waals surface area (Å²) in [5.41, 5.74) is 0.292. The van der Waals surface area contributed by atoms with Gasteiger partial charge >= 0.3 is 0 Å². The molecular weight excluding hydrogens is 401 g/mol. The van der Waals surface area contributed by atoms with E-state index in [2.05, 4.69) is 5.32 Å². The third-order valence-corrected chi connectivity index (χ3v) is 6.55. The topological polar surface area (TPSA) is 90.9 Å². The monoisotopic (exact) mass is 423 g/mol. The first-order chi connectivity index (χ1) is 13.8. The molecule has 1 N–H and O–H groups in total. The van der Waals surface area contributed by atoms with Crippen LogP contribution in [0.25, 0.3) is 0 Å². The van der Waals surface area contributed by atoms with E-state index in [1.807, 2.05) is 0 Å². The number of hydrogen-bond donors (Lipinski definition) is 1. The number of ether oxygens (including phenoxy) is 3. The highest BCUT2D eigenvalue weighted by Gasteiger charge is 2.26. The Hall–Kier alpha value is -2.65. The van der Waals surface area contributed by atoms with Crippen LogP contribution in [0.5, 0.6) is 11.5 Å². The van der Waals surface area contributed by atoms with E-state index in [9.17, 15) is 17.6 Å². The quantitative estimate of drug-likeness (QED) is 0.736. The maximum atomic E-state index is 13.4. The van der Waals surface area contributed by atoms with Gasteiger partial charge in [0.2, 0.25) is 0 Å². The fourth-order valence-corrected chi connectivity index (χ4v) is 4.79. The maximum Gasteiger partial charge on any atom is 0.259 e. The Kier molecular flexibility index (Phi) is 6.39. The summed E-state index contributed by atoms with van der Waals surface area (Å²) in [6, 6.07) is 7.82. The number of methoxy groups -OCH3 is 2. The lowest BCUT2D eigenvalue weighted by Gasteiger charge is -2.14. The van der Waals surface area contributed by atoms with Crippen LogP contribution in [0.15, 0.2) is 41.3 Å². The van der Waals surface area contributed by atoms with Crippen LogP contribution >= 0.6 is 0 Å². The smallest absolute Gasteiger partial charge is 0.259 e. The second kappa shape index (κ2) is 8.79. The summed E-state index contributed by atoms with van der Waals surface area (Å²) in [4.78, 5) is 12.8. The Morgan fingerprint density at radius 2 is 1.93 bits per heavy atom. The molecule has 156 valence electrons. The normalized spacial score (nSPS) is 16.4. The molecule has 0 unspecified atom stereocenters. The van der Waals surface area contributed by atoms with Crippen molar-refractivity contribution in [3.8, 4) is 11.5 Å². The molecule has 1 amide bonds. The zero-order chi connectivity index (χ0) is 21.0. The molecular formula is C20H22FNO6S. The number of halogens is 1. The lowest BCUT2D eigenvalue weighted by molar-refractivity contribution is 0.102. The Morgan fingerprint density at radius 1 is 1.17 bits per heavy atom. The minimum atomic E-state index is -3.61. The second-order valence-electron chi connectivity index (χ2n) is 6.67. The zero-order valence-corrected chi connectivity index (χ0v) is 16.9. The van der Waals surface area contributed by atoms with Gasteiger partial charge in [0.05, 0.1) is 42.7 Å². The van der Waals surface area contributed by atoms with Crippen molar-refractivity contribution in [1.82, 2.24) is 0 Å². The average Bonchev–Trinajstić information content (AvgIpc) is 3.20. The van der Waals surface area contributed by atoms with Gasteiger partial charge in [-0.05, 0) is 42.7 Å². The van der Waals surface area contributed by atoms with E-state index in [1.165, 1.54) is 44.6 Å². The lowest BCUT2D eigenvalue weighted by atomic mass is 10.1. The number of carbonyl (C=O) groups is 1. The molecule has 1 aliphatic rings. The molecule has 0 aliphatic carbocycles. The van der Waals surface area contributed by atoms with Gasteiger partial charge in [0, 0.05) is 12.7 Å². The Bertz CT molecular complexity index is 1000. The zero-order valence-electron chi connectivity index (χ0n) is 16.1. The third kappa shape index (κ3) is 4.86. The predicted molar refractivity (Wildman–Crippen MR) is 105 cm³/mol. The van der Waals surface area contributed by atoms with Gasteiger partial charge in [-0.3, -0.25) is 4.79 Å². The largest absolute Gasteiger partial charge is 0.496 e. The first-order valence-electron chi connectivity index (χ1n) is 8.97. The molecule has 9 heteroatoms. The van der Waals surface area contributed by atoms with Gasteiger partial charge in [-0.1, -0.05) is 0 Å². The molecule has 0 bridgehead atoms. The van der Waals surface area contributed by atoms with Gasteiger partial charge < -0.3 is 19.5 Å². The summed E-state index contributed by atoms with van der Waals surface area (Å²) in [6.45, 7) is 0.961. The van der Waals surface area contributed by atoms with Crippen molar-refractivity contribution in [2.24, 2.45) is 5.92 Å². The van der Waals surface area contributed by atoms with E-state index < -0.39 is 21.6 Å². The number of benzene rings is 2. The van der Waals surface area contributed by atoms with Crippen LogP contribution < -0.4 is 14.8 Å². The molecule has 1 saturated heterocycles. The van der Waals surface area contributed by atoms with Crippen molar-refractivity contribution < 1.29 is 31.8 Å². The van der Waals surface area contributed by atoms with Crippen molar-refractivity contribution in [2.75, 3.05) is 38.5 Å². The predicted octanol–water partition coefficient (Wildman–Crippen LogP) is 2.91. The molecule has 1 atom stereocenters. The molecule has 1 heterocycles. The molecule has 29 heavy (non-hydrogen) atoms. The minimum Gasteiger partial charge on any atom is -0.496 e. The Morgan fingerprint density at radius 3 is 2.59 bits per heavy atom. The summed E-state index contributed by atoms with van der Waals surface area (Å²) in [5, 5.41) is 2.61. The van der Waals surface area contributed by atoms with Gasteiger partial charge in [0.25, 0.3) is 5.91 Å². The van der Waals surface area contributed by atoms with Crippen molar-refractivity contribution in [1.29, 1.82) is 0 Å². The summed E-state index contributed by atoms with van der Waals surface area (Å²) in [6.07, 6.45) is 0.688. The summed E-state index contributed by atoms with van der Waals surface area (Å²) in [5.74, 6) is -0.877. The van der Waals surface area contributed by atoms with Crippen molar-refractivity contribution >= 4 is 21.4 Å². The molecule has 0 spiro atoms. The fourth-order valence-electron chi connectivity index (χ4n) is 3.14. The molecule has 1 fully saturated rings. The fraction of sp³-hybridized carbons (Fsp3) is 0.350. The molecule has 7 nitrogen and oxygen atoms in total. The van der Waals surface area contributed by atoms with Crippen LogP contribution in [-0.2, 0) is 14.6 Å². The van der Waals surface area contributed by atoms with Crippen LogP contribution in [0.2, 0.25) is 0 Å². The van der Waals surface area contributed by atoms with Crippen LogP contribution in [0.3, 0.4) is 0 Å². The van der Waals surface area contributed by atoms with Gasteiger partial charge in [-0.25, -0.2) is 12.8 Å². The summed E-state index contributed by atoms with van der Waals surface area (Å²) >= 11 is 0. The van der Waals surface area contributed by atoms with Gasteiger partial charge in [0.1, 0.15) is 17.3 Å². The van der Waals surface area contributed by atoms with E-state index in [0.717, 1.165) is 6.07 Å². The first kappa shape index (κ1) is 21.1. The second-order valence-corrected chi connectivity index (χ2v) is 8.71. The number of hydrogen-bond acceptors (Lipinski definition) is 6. The lowest BCUT2D eigenvalue weighted by Crippen LogP contribution is -2.18. The number of anilines is 1. The van der Waals surface area contributed by atoms with Crippen molar-refractivity contribution in [2.45, 2.75) is 11.3 Å². The number of nitrogens with one attached hydrogen (secondary N) is 1. The molecule has 2 aromatic carbocycles. The molecule has 3 rings (SSSR count). The number of carbonyl (C=O) groups excluding carboxylic acids is 1. The van der Waals surface area contributed by atoms with Crippen molar-refractivity contribution in [3.63, 3.8) is 0 Å². The van der Waals surface area contributed by atoms with Crippen LogP contribution in [0.1, 0.15) is 16.8 Å². The standard InChI is InChI=1S/C20H22FNO6S/c1-26-18-6-4-15(29(24,25)12-13-7-8-28-11-13)10-16(18)20(23)22-17-5-3-14(21)9-19(17)27-2/h3-6,9-10,13H,7-8,11-12H2,1-2H3,(H,22,23)/t13-/m0/s1. The van der Waals surface area contributed by atoms with Crippen LogP contribution in [-0.4, -0.2) is 47.5 Å².